The molecule has 7 heteroatoms. The summed E-state index contributed by atoms with van der Waals surface area (Å²) in [5.74, 6) is 0.325. The number of aromatic nitrogens is 1. The molecule has 0 bridgehead atoms. The van der Waals surface area contributed by atoms with Gasteiger partial charge < -0.3 is 20.4 Å². The Morgan fingerprint density at radius 3 is 2.59 bits per heavy atom. The number of rotatable bonds is 8. The van der Waals surface area contributed by atoms with E-state index in [1.54, 1.807) is 12.1 Å². The van der Waals surface area contributed by atoms with Crippen LogP contribution in [0.15, 0.2) is 90.8 Å². The minimum Gasteiger partial charge on any atom is -0.410 e. The Kier molecular flexibility index (Phi) is 5.99. The van der Waals surface area contributed by atoms with Crippen LogP contribution in [0.3, 0.4) is 0 Å². The molecule has 7 nitrogen and oxygen atoms in total. The zero-order valence-corrected chi connectivity index (χ0v) is 18.4. The van der Waals surface area contributed by atoms with Crippen LogP contribution in [-0.4, -0.2) is 23.5 Å². The molecule has 0 spiro atoms. The number of H-pyrrole nitrogens is 1. The lowest BCUT2D eigenvalue weighted by Crippen LogP contribution is -2.26. The number of anilines is 2. The molecule has 4 N–H and O–H groups in total. The highest BCUT2D eigenvalue weighted by molar-refractivity contribution is 6.00. The van der Waals surface area contributed by atoms with Gasteiger partial charge in [-0.15, -0.1) is 0 Å². The fourth-order valence-corrected chi connectivity index (χ4v) is 3.72. The Morgan fingerprint density at radius 2 is 1.76 bits per heavy atom. The van der Waals surface area contributed by atoms with Crippen LogP contribution in [0, 0.1) is 0 Å². The highest BCUT2D eigenvalue weighted by atomic mass is 16.6. The largest absolute Gasteiger partial charge is 0.416 e. The zero-order valence-electron chi connectivity index (χ0n) is 18.4. The number of allylic oxidation sites excluding steroid dienone is 2. The van der Waals surface area contributed by atoms with E-state index in [0.717, 1.165) is 40.0 Å². The average molecular weight is 453 g/mol. The van der Waals surface area contributed by atoms with Crippen molar-refractivity contribution in [3.8, 4) is 5.75 Å². The molecule has 0 unspecified atom stereocenters. The number of para-hydroxylation sites is 2. The van der Waals surface area contributed by atoms with Crippen molar-refractivity contribution in [1.82, 2.24) is 15.6 Å². The lowest BCUT2D eigenvalue weighted by molar-refractivity contribution is 0.0955. The predicted molar refractivity (Wildman–Crippen MR) is 132 cm³/mol. The molecular weight excluding hydrogens is 428 g/mol. The van der Waals surface area contributed by atoms with Crippen molar-refractivity contribution in [2.45, 2.75) is 12.8 Å². The molecule has 0 saturated heterocycles. The number of aromatic amines is 1. The topological polar surface area (TPSA) is 95.2 Å². The average Bonchev–Trinajstić information content (AvgIpc) is 3.57. The van der Waals surface area contributed by atoms with E-state index in [2.05, 4.69) is 20.9 Å². The summed E-state index contributed by atoms with van der Waals surface area (Å²) in [5, 5.41) is 9.95. The van der Waals surface area contributed by atoms with Crippen molar-refractivity contribution in [3.63, 3.8) is 0 Å². The number of hydrogen-bond donors (Lipinski definition) is 4. The molecule has 0 radical (unpaired) electrons. The first kappa shape index (κ1) is 21.3. The van der Waals surface area contributed by atoms with Crippen molar-refractivity contribution in [2.75, 3.05) is 11.9 Å². The number of amides is 2. The van der Waals surface area contributed by atoms with E-state index in [9.17, 15) is 9.59 Å². The zero-order chi connectivity index (χ0) is 23.3. The van der Waals surface area contributed by atoms with Crippen LogP contribution in [0.25, 0.3) is 10.9 Å². The van der Waals surface area contributed by atoms with E-state index in [-0.39, 0.29) is 5.91 Å². The number of benzene rings is 3. The van der Waals surface area contributed by atoms with Crippen LogP contribution in [0.2, 0.25) is 0 Å². The fourth-order valence-electron chi connectivity index (χ4n) is 3.72. The SMILES string of the molecule is O=C(NC1=CC1)Oc1ccc2[nH]cc(CCNC(=O)c3ccccc3Nc3ccccc3)c2c1. The summed E-state index contributed by atoms with van der Waals surface area (Å²) in [5.41, 5.74) is 5.10. The normalized spacial score (nSPS) is 12.1. The molecule has 34 heavy (non-hydrogen) atoms. The molecule has 0 saturated carbocycles. The molecule has 2 amide bonds. The first-order valence-electron chi connectivity index (χ1n) is 11.1. The summed E-state index contributed by atoms with van der Waals surface area (Å²) in [6, 6.07) is 22.7. The van der Waals surface area contributed by atoms with E-state index >= 15 is 0 Å². The Morgan fingerprint density at radius 1 is 0.971 bits per heavy atom. The maximum Gasteiger partial charge on any atom is 0.416 e. The van der Waals surface area contributed by atoms with Gasteiger partial charge in [-0.25, -0.2) is 4.79 Å². The Balaban J connectivity index is 1.22. The molecular formula is C27H24N4O3. The van der Waals surface area contributed by atoms with Gasteiger partial charge >= 0.3 is 6.09 Å². The van der Waals surface area contributed by atoms with Gasteiger partial charge in [-0.2, -0.15) is 0 Å². The second-order valence-corrected chi connectivity index (χ2v) is 8.01. The van der Waals surface area contributed by atoms with Crippen LogP contribution >= 0.6 is 0 Å². The summed E-state index contributed by atoms with van der Waals surface area (Å²) < 4.78 is 5.38. The molecule has 3 aromatic carbocycles. The molecule has 0 fully saturated rings. The van der Waals surface area contributed by atoms with Crippen LogP contribution in [0.4, 0.5) is 16.2 Å². The minimum absolute atomic E-state index is 0.144. The van der Waals surface area contributed by atoms with Crippen molar-refractivity contribution in [3.05, 3.63) is 102 Å². The summed E-state index contributed by atoms with van der Waals surface area (Å²) in [6.07, 6.45) is 4.77. The smallest absolute Gasteiger partial charge is 0.410 e. The molecule has 0 atom stereocenters. The Bertz CT molecular complexity index is 1380. The molecule has 1 aliphatic carbocycles. The fraction of sp³-hybridized carbons (Fsp3) is 0.111. The molecule has 4 aromatic rings. The van der Waals surface area contributed by atoms with E-state index in [0.29, 0.717) is 24.3 Å². The van der Waals surface area contributed by atoms with Gasteiger partial charge in [-0.05, 0) is 54.4 Å². The van der Waals surface area contributed by atoms with Crippen LogP contribution < -0.4 is 20.7 Å². The number of ether oxygens (including phenoxy) is 1. The van der Waals surface area contributed by atoms with E-state index in [1.807, 2.05) is 72.9 Å². The van der Waals surface area contributed by atoms with Crippen LogP contribution in [0.5, 0.6) is 5.75 Å². The van der Waals surface area contributed by atoms with Crippen molar-refractivity contribution in [1.29, 1.82) is 0 Å². The number of carbonyl (C=O) groups excluding carboxylic acids is 2. The van der Waals surface area contributed by atoms with Gasteiger partial charge in [-0.1, -0.05) is 36.4 Å². The molecule has 0 aliphatic heterocycles. The first-order valence-corrected chi connectivity index (χ1v) is 11.1. The van der Waals surface area contributed by atoms with E-state index < -0.39 is 6.09 Å². The van der Waals surface area contributed by atoms with Gasteiger partial charge in [0, 0.05) is 41.4 Å². The second-order valence-electron chi connectivity index (χ2n) is 8.01. The summed E-state index contributed by atoms with van der Waals surface area (Å²) in [6.45, 7) is 0.463. The third-order valence-electron chi connectivity index (χ3n) is 5.52. The van der Waals surface area contributed by atoms with Crippen LogP contribution in [-0.2, 0) is 6.42 Å². The quantitative estimate of drug-likeness (QED) is 0.293. The number of fused-ring (bicyclic) bond motifs is 1. The van der Waals surface area contributed by atoms with Gasteiger partial charge in [0.05, 0.1) is 11.3 Å². The van der Waals surface area contributed by atoms with Gasteiger partial charge in [0.1, 0.15) is 5.75 Å². The van der Waals surface area contributed by atoms with Crippen molar-refractivity contribution < 1.29 is 14.3 Å². The molecule has 1 aliphatic rings. The first-order chi connectivity index (χ1) is 16.7. The maximum absolute atomic E-state index is 12.9. The lowest BCUT2D eigenvalue weighted by Gasteiger charge is -2.12. The number of carbonyl (C=O) groups is 2. The summed E-state index contributed by atoms with van der Waals surface area (Å²) >= 11 is 0. The monoisotopic (exact) mass is 452 g/mol. The summed E-state index contributed by atoms with van der Waals surface area (Å²) in [4.78, 5) is 28.0. The Hall–Kier alpha value is -4.52. The molecule has 1 heterocycles. The minimum atomic E-state index is -0.491. The van der Waals surface area contributed by atoms with Gasteiger partial charge in [-0.3, -0.25) is 10.1 Å². The van der Waals surface area contributed by atoms with E-state index in [4.69, 9.17) is 4.74 Å². The number of nitrogens with one attached hydrogen (secondary N) is 4. The molecule has 5 rings (SSSR count). The maximum atomic E-state index is 12.9. The van der Waals surface area contributed by atoms with E-state index in [1.165, 1.54) is 0 Å². The van der Waals surface area contributed by atoms with Crippen molar-refractivity contribution in [2.24, 2.45) is 0 Å². The number of hydrogen-bond acceptors (Lipinski definition) is 4. The van der Waals surface area contributed by atoms with Gasteiger partial charge in [0.2, 0.25) is 0 Å². The lowest BCUT2D eigenvalue weighted by atomic mass is 10.1. The summed E-state index contributed by atoms with van der Waals surface area (Å²) in [7, 11) is 0. The second kappa shape index (κ2) is 9.54. The van der Waals surface area contributed by atoms with Gasteiger partial charge in [0.15, 0.2) is 0 Å². The molecule has 1 aromatic heterocycles. The standard InChI is InChI=1S/C27H24N4O3/c32-26(22-8-4-5-9-25(22)30-19-6-2-1-3-7-19)28-15-14-18-17-29-24-13-12-21(16-23(18)24)34-27(33)31-20-10-11-20/h1-10,12-13,16-17,29-30H,11,14-15H2,(H,28,32)(H,31,33). The predicted octanol–water partition coefficient (Wildman–Crippen LogP) is 5.26. The highest BCUT2D eigenvalue weighted by Gasteiger charge is 2.14. The third-order valence-corrected chi connectivity index (χ3v) is 5.52. The highest BCUT2D eigenvalue weighted by Crippen LogP contribution is 2.25. The van der Waals surface area contributed by atoms with Crippen LogP contribution in [0.1, 0.15) is 22.3 Å². The third kappa shape index (κ3) is 5.10. The Labute approximate surface area is 196 Å². The van der Waals surface area contributed by atoms with Gasteiger partial charge in [0.25, 0.3) is 5.91 Å². The molecule has 170 valence electrons. The van der Waals surface area contributed by atoms with Crippen molar-refractivity contribution >= 4 is 34.3 Å².